The molecule has 2 N–H and O–H groups in total. The number of nitrogens with zero attached hydrogens (tertiary/aromatic N) is 1. The van der Waals surface area contributed by atoms with Gasteiger partial charge in [-0.15, -0.1) is 0 Å². The van der Waals surface area contributed by atoms with E-state index in [0.29, 0.717) is 22.6 Å². The Balaban J connectivity index is 1.95. The second-order valence-electron chi connectivity index (χ2n) is 5.40. The lowest BCUT2D eigenvalue weighted by atomic mass is 10.2. The molecule has 0 saturated carbocycles. The van der Waals surface area contributed by atoms with Crippen molar-refractivity contribution >= 4 is 18.0 Å². The van der Waals surface area contributed by atoms with Crippen LogP contribution in [-0.2, 0) is 4.79 Å². The molecule has 2 rings (SSSR count). The maximum absolute atomic E-state index is 12.1. The SMILES string of the molecule is COc1ccc(OC)c(C=NNC(=O)C(C)NC(=O)c2ccccc2)c1. The van der Waals surface area contributed by atoms with Crippen LogP contribution in [0.15, 0.2) is 53.6 Å². The van der Waals surface area contributed by atoms with Crippen LogP contribution in [0.3, 0.4) is 0 Å². The largest absolute Gasteiger partial charge is 0.497 e. The number of amides is 2. The number of carbonyl (C=O) groups is 2. The molecule has 0 saturated heterocycles. The van der Waals surface area contributed by atoms with Gasteiger partial charge in [0.1, 0.15) is 17.5 Å². The van der Waals surface area contributed by atoms with E-state index in [1.54, 1.807) is 63.6 Å². The molecule has 0 heterocycles. The maximum atomic E-state index is 12.1. The molecule has 2 aromatic carbocycles. The lowest BCUT2D eigenvalue weighted by molar-refractivity contribution is -0.122. The predicted molar refractivity (Wildman–Crippen MR) is 98.7 cm³/mol. The van der Waals surface area contributed by atoms with E-state index >= 15 is 0 Å². The Morgan fingerprint density at radius 1 is 1.08 bits per heavy atom. The van der Waals surface area contributed by atoms with Crippen molar-refractivity contribution < 1.29 is 19.1 Å². The first-order chi connectivity index (χ1) is 12.5. The zero-order valence-electron chi connectivity index (χ0n) is 14.9. The highest BCUT2D eigenvalue weighted by Crippen LogP contribution is 2.22. The minimum absolute atomic E-state index is 0.327. The molecule has 0 aromatic heterocycles. The highest BCUT2D eigenvalue weighted by atomic mass is 16.5. The molecule has 1 atom stereocenters. The topological polar surface area (TPSA) is 89.0 Å². The van der Waals surface area contributed by atoms with Gasteiger partial charge in [0.15, 0.2) is 0 Å². The Morgan fingerprint density at radius 2 is 1.81 bits per heavy atom. The maximum Gasteiger partial charge on any atom is 0.262 e. The summed E-state index contributed by atoms with van der Waals surface area (Å²) in [6.45, 7) is 1.58. The quantitative estimate of drug-likeness (QED) is 0.587. The van der Waals surface area contributed by atoms with Gasteiger partial charge in [0.25, 0.3) is 11.8 Å². The van der Waals surface area contributed by atoms with Crippen molar-refractivity contribution in [3.63, 3.8) is 0 Å². The van der Waals surface area contributed by atoms with E-state index in [2.05, 4.69) is 15.8 Å². The van der Waals surface area contributed by atoms with Crippen LogP contribution in [-0.4, -0.2) is 38.3 Å². The number of rotatable bonds is 7. The van der Waals surface area contributed by atoms with Gasteiger partial charge in [-0.2, -0.15) is 5.10 Å². The molecule has 136 valence electrons. The Labute approximate surface area is 152 Å². The smallest absolute Gasteiger partial charge is 0.262 e. The number of hydrogen-bond donors (Lipinski definition) is 2. The lowest BCUT2D eigenvalue weighted by Crippen LogP contribution is -2.43. The summed E-state index contributed by atoms with van der Waals surface area (Å²) in [6, 6.07) is 13.2. The molecule has 0 bridgehead atoms. The summed E-state index contributed by atoms with van der Waals surface area (Å²) in [5, 5.41) is 6.53. The highest BCUT2D eigenvalue weighted by molar-refractivity contribution is 5.97. The minimum atomic E-state index is -0.743. The Bertz CT molecular complexity index is 791. The van der Waals surface area contributed by atoms with E-state index in [1.807, 2.05) is 6.07 Å². The molecule has 0 aliphatic carbocycles. The van der Waals surface area contributed by atoms with Crippen LogP contribution in [0, 0.1) is 0 Å². The third-order valence-corrected chi connectivity index (χ3v) is 3.59. The van der Waals surface area contributed by atoms with Crippen molar-refractivity contribution in [3.8, 4) is 11.5 Å². The number of methoxy groups -OCH3 is 2. The van der Waals surface area contributed by atoms with Gasteiger partial charge in [0.2, 0.25) is 0 Å². The summed E-state index contributed by atoms with van der Waals surface area (Å²) in [4.78, 5) is 24.1. The minimum Gasteiger partial charge on any atom is -0.497 e. The Hall–Kier alpha value is -3.35. The standard InChI is InChI=1S/C19H21N3O4/c1-13(21-19(24)14-7-5-4-6-8-14)18(23)22-20-12-15-11-16(25-2)9-10-17(15)26-3/h4-13H,1-3H3,(H,21,24)(H,22,23). The molecule has 7 nitrogen and oxygen atoms in total. The van der Waals surface area contributed by atoms with Crippen molar-refractivity contribution in [2.45, 2.75) is 13.0 Å². The van der Waals surface area contributed by atoms with Gasteiger partial charge in [-0.1, -0.05) is 18.2 Å². The normalized spacial score (nSPS) is 11.7. The molecule has 0 radical (unpaired) electrons. The van der Waals surface area contributed by atoms with Crippen LogP contribution in [0.5, 0.6) is 11.5 Å². The van der Waals surface area contributed by atoms with Crippen LogP contribution >= 0.6 is 0 Å². The lowest BCUT2D eigenvalue weighted by Gasteiger charge is -2.12. The predicted octanol–water partition coefficient (Wildman–Crippen LogP) is 1.97. The molecule has 0 aliphatic heterocycles. The average molecular weight is 355 g/mol. The summed E-state index contributed by atoms with van der Waals surface area (Å²) >= 11 is 0. The number of nitrogens with one attached hydrogen (secondary N) is 2. The summed E-state index contributed by atoms with van der Waals surface area (Å²) in [5.74, 6) is 0.468. The number of carbonyl (C=O) groups excluding carboxylic acids is 2. The first-order valence-corrected chi connectivity index (χ1v) is 7.96. The number of hydrazone groups is 1. The van der Waals surface area contributed by atoms with Crippen LogP contribution < -0.4 is 20.2 Å². The van der Waals surface area contributed by atoms with Gasteiger partial charge in [-0.05, 0) is 37.3 Å². The van der Waals surface area contributed by atoms with Crippen LogP contribution in [0.1, 0.15) is 22.8 Å². The number of ether oxygens (including phenoxy) is 2. The molecule has 1 unspecified atom stereocenters. The Kier molecular flexibility index (Phi) is 6.73. The van der Waals surface area contributed by atoms with Crippen LogP contribution in [0.25, 0.3) is 0 Å². The monoisotopic (exact) mass is 355 g/mol. The first kappa shape index (κ1) is 19.0. The molecule has 26 heavy (non-hydrogen) atoms. The van der Waals surface area contributed by atoms with Gasteiger partial charge in [0.05, 0.1) is 20.4 Å². The molecule has 0 spiro atoms. The summed E-state index contributed by atoms with van der Waals surface area (Å²) in [6.07, 6.45) is 1.45. The molecule has 7 heteroatoms. The molecule has 2 amide bonds. The number of benzene rings is 2. The fourth-order valence-electron chi connectivity index (χ4n) is 2.14. The Morgan fingerprint density at radius 3 is 2.46 bits per heavy atom. The zero-order valence-corrected chi connectivity index (χ0v) is 14.9. The van der Waals surface area contributed by atoms with Gasteiger partial charge in [-0.25, -0.2) is 5.43 Å². The van der Waals surface area contributed by atoms with Crippen molar-refractivity contribution in [1.82, 2.24) is 10.7 Å². The van der Waals surface area contributed by atoms with E-state index in [1.165, 1.54) is 6.21 Å². The molecule has 0 fully saturated rings. The van der Waals surface area contributed by atoms with Crippen molar-refractivity contribution in [3.05, 3.63) is 59.7 Å². The summed E-state index contributed by atoms with van der Waals surface area (Å²) < 4.78 is 10.4. The second kappa shape index (κ2) is 9.22. The molecular formula is C19H21N3O4. The average Bonchev–Trinajstić information content (AvgIpc) is 2.68. The van der Waals surface area contributed by atoms with Gasteiger partial charge in [-0.3, -0.25) is 9.59 Å². The van der Waals surface area contributed by atoms with Crippen LogP contribution in [0.2, 0.25) is 0 Å². The van der Waals surface area contributed by atoms with Gasteiger partial charge < -0.3 is 14.8 Å². The third kappa shape index (κ3) is 5.07. The van der Waals surface area contributed by atoms with E-state index in [-0.39, 0.29) is 5.91 Å². The fourth-order valence-corrected chi connectivity index (χ4v) is 2.14. The van der Waals surface area contributed by atoms with E-state index < -0.39 is 11.9 Å². The van der Waals surface area contributed by atoms with Gasteiger partial charge >= 0.3 is 0 Å². The highest BCUT2D eigenvalue weighted by Gasteiger charge is 2.15. The third-order valence-electron chi connectivity index (χ3n) is 3.59. The number of hydrogen-bond acceptors (Lipinski definition) is 5. The molecular weight excluding hydrogens is 334 g/mol. The van der Waals surface area contributed by atoms with E-state index in [9.17, 15) is 9.59 Å². The fraction of sp³-hybridized carbons (Fsp3) is 0.211. The molecule has 2 aromatic rings. The van der Waals surface area contributed by atoms with Crippen molar-refractivity contribution in [2.75, 3.05) is 14.2 Å². The van der Waals surface area contributed by atoms with E-state index in [4.69, 9.17) is 9.47 Å². The molecule has 0 aliphatic rings. The summed E-state index contributed by atoms with van der Waals surface area (Å²) in [5.41, 5.74) is 3.53. The second-order valence-corrected chi connectivity index (χ2v) is 5.40. The van der Waals surface area contributed by atoms with Crippen molar-refractivity contribution in [2.24, 2.45) is 5.10 Å². The summed E-state index contributed by atoms with van der Waals surface area (Å²) in [7, 11) is 3.10. The van der Waals surface area contributed by atoms with E-state index in [0.717, 1.165) is 0 Å². The first-order valence-electron chi connectivity index (χ1n) is 7.96. The van der Waals surface area contributed by atoms with Crippen molar-refractivity contribution in [1.29, 1.82) is 0 Å². The zero-order chi connectivity index (χ0) is 18.9. The van der Waals surface area contributed by atoms with Gasteiger partial charge in [0, 0.05) is 11.1 Å². The van der Waals surface area contributed by atoms with Crippen LogP contribution in [0.4, 0.5) is 0 Å².